The zero-order valence-corrected chi connectivity index (χ0v) is 13.3. The summed E-state index contributed by atoms with van der Waals surface area (Å²) in [6.45, 7) is 5.23. The van der Waals surface area contributed by atoms with Crippen LogP contribution in [-0.2, 0) is 9.59 Å². The van der Waals surface area contributed by atoms with Crippen molar-refractivity contribution >= 4 is 41.4 Å². The van der Waals surface area contributed by atoms with E-state index >= 15 is 0 Å². The van der Waals surface area contributed by atoms with Gasteiger partial charge in [0.2, 0.25) is 5.91 Å². The summed E-state index contributed by atoms with van der Waals surface area (Å²) >= 11 is 0. The molecular weight excluding hydrogens is 277 g/mol. The summed E-state index contributed by atoms with van der Waals surface area (Å²) in [5, 5.41) is 11.4. The van der Waals surface area contributed by atoms with Crippen molar-refractivity contribution in [3.63, 3.8) is 0 Å². The molecule has 0 aliphatic rings. The molecule has 0 atom stereocenters. The van der Waals surface area contributed by atoms with Crippen LogP contribution in [0.15, 0.2) is 0 Å². The maximum absolute atomic E-state index is 11.6. The third kappa shape index (κ3) is 13.3. The van der Waals surface area contributed by atoms with Gasteiger partial charge >= 0.3 is 35.5 Å². The van der Waals surface area contributed by atoms with Crippen LogP contribution in [0.4, 0.5) is 0 Å². The minimum absolute atomic E-state index is 0. The van der Waals surface area contributed by atoms with Gasteiger partial charge in [0.15, 0.2) is 0 Å². The Kier molecular flexibility index (Phi) is 15.0. The molecule has 0 aromatic rings. The predicted molar refractivity (Wildman–Crippen MR) is 88.9 cm³/mol. The van der Waals surface area contributed by atoms with Crippen molar-refractivity contribution in [3.05, 3.63) is 0 Å². The molecule has 0 aliphatic heterocycles. The molecule has 4 nitrogen and oxygen atoms in total. The van der Waals surface area contributed by atoms with Gasteiger partial charge in [-0.15, -0.1) is 0 Å². The summed E-state index contributed by atoms with van der Waals surface area (Å²) in [7, 11) is 0. The van der Waals surface area contributed by atoms with E-state index in [0.717, 1.165) is 12.8 Å². The van der Waals surface area contributed by atoms with Gasteiger partial charge < -0.3 is 10.4 Å². The van der Waals surface area contributed by atoms with Gasteiger partial charge in [-0.1, -0.05) is 58.3 Å². The van der Waals surface area contributed by atoms with Gasteiger partial charge in [-0.3, -0.25) is 4.79 Å². The zero-order valence-electron chi connectivity index (χ0n) is 13.3. The number of rotatable bonds is 12. The zero-order chi connectivity index (χ0) is 15.4. The molecule has 0 spiro atoms. The number of aliphatic carboxylic acids is 1. The molecule has 0 unspecified atom stereocenters. The third-order valence-corrected chi connectivity index (χ3v) is 3.49. The van der Waals surface area contributed by atoms with Crippen LogP contribution in [0.2, 0.25) is 0 Å². The van der Waals surface area contributed by atoms with Crippen molar-refractivity contribution in [2.24, 2.45) is 0 Å². The standard InChI is InChI=1S/C16H31NO3.Na.H/c1-4-5-6-7-8-9-10-11-12-13-14(18)17-16(2,3)15(19)20;;/h4-13H2,1-3H3,(H,17,18)(H,19,20);;. The van der Waals surface area contributed by atoms with Crippen LogP contribution in [0, 0.1) is 0 Å². The molecule has 2 N–H and O–H groups in total. The first-order valence-corrected chi connectivity index (χ1v) is 7.94. The fourth-order valence-electron chi connectivity index (χ4n) is 2.06. The Bertz CT molecular complexity index is 293. The molecule has 0 bridgehead atoms. The van der Waals surface area contributed by atoms with E-state index in [0.29, 0.717) is 6.42 Å². The van der Waals surface area contributed by atoms with Gasteiger partial charge in [0.25, 0.3) is 0 Å². The molecule has 0 rings (SSSR count). The number of hydrogen-bond acceptors (Lipinski definition) is 2. The van der Waals surface area contributed by atoms with Crippen molar-refractivity contribution in [3.8, 4) is 0 Å². The molecule has 0 aromatic heterocycles. The Hall–Kier alpha value is -0.0600. The van der Waals surface area contributed by atoms with Gasteiger partial charge in [-0.05, 0) is 20.3 Å². The number of carboxylic acid groups (broad SMARTS) is 1. The first-order chi connectivity index (χ1) is 9.40. The van der Waals surface area contributed by atoms with Crippen LogP contribution in [0.25, 0.3) is 0 Å². The normalized spacial score (nSPS) is 10.8. The second-order valence-corrected chi connectivity index (χ2v) is 6.06. The van der Waals surface area contributed by atoms with Gasteiger partial charge in [0, 0.05) is 6.42 Å². The van der Waals surface area contributed by atoms with E-state index in [4.69, 9.17) is 5.11 Å². The summed E-state index contributed by atoms with van der Waals surface area (Å²) in [5.74, 6) is -1.17. The quantitative estimate of drug-likeness (QED) is 0.429. The number of amides is 1. The predicted octanol–water partition coefficient (Wildman–Crippen LogP) is 3.24. The summed E-state index contributed by atoms with van der Waals surface area (Å²) in [5.41, 5.74) is -1.17. The SMILES string of the molecule is CCCCCCCCCCCC(=O)NC(C)(C)C(=O)O.[NaH]. The maximum atomic E-state index is 11.6. The van der Waals surface area contributed by atoms with E-state index in [-0.39, 0.29) is 35.5 Å². The molecule has 1 amide bonds. The molecular formula is C16H32NNaO3. The molecule has 0 aliphatic carbocycles. The van der Waals surface area contributed by atoms with E-state index < -0.39 is 11.5 Å². The van der Waals surface area contributed by atoms with Crippen LogP contribution in [0.5, 0.6) is 0 Å². The Morgan fingerprint density at radius 1 is 0.905 bits per heavy atom. The molecule has 120 valence electrons. The first-order valence-electron chi connectivity index (χ1n) is 7.94. The molecule has 0 fully saturated rings. The Balaban J connectivity index is 0. The topological polar surface area (TPSA) is 66.4 Å². The number of nitrogens with one attached hydrogen (secondary N) is 1. The third-order valence-electron chi connectivity index (χ3n) is 3.49. The van der Waals surface area contributed by atoms with Crippen LogP contribution in [0.1, 0.15) is 85.0 Å². The number of carbonyl (C=O) groups excluding carboxylic acids is 1. The number of hydrogen-bond donors (Lipinski definition) is 2. The average Bonchev–Trinajstić information content (AvgIpc) is 2.36. The van der Waals surface area contributed by atoms with Crippen molar-refractivity contribution in [1.82, 2.24) is 5.32 Å². The second-order valence-electron chi connectivity index (χ2n) is 6.06. The number of carboxylic acids is 1. The van der Waals surface area contributed by atoms with Crippen LogP contribution in [-0.4, -0.2) is 52.1 Å². The monoisotopic (exact) mass is 309 g/mol. The number of carbonyl (C=O) groups is 2. The van der Waals surface area contributed by atoms with E-state index in [2.05, 4.69) is 12.2 Å². The molecule has 0 radical (unpaired) electrons. The molecule has 0 aromatic carbocycles. The van der Waals surface area contributed by atoms with Crippen LogP contribution in [0.3, 0.4) is 0 Å². The summed E-state index contributed by atoms with van der Waals surface area (Å²) in [4.78, 5) is 22.5. The Labute approximate surface area is 151 Å². The molecule has 0 heterocycles. The van der Waals surface area contributed by atoms with Gasteiger partial charge in [0.1, 0.15) is 5.54 Å². The van der Waals surface area contributed by atoms with Crippen molar-refractivity contribution in [2.75, 3.05) is 0 Å². The van der Waals surface area contributed by atoms with Crippen molar-refractivity contribution in [2.45, 2.75) is 90.5 Å². The fraction of sp³-hybridized carbons (Fsp3) is 0.875. The average molecular weight is 309 g/mol. The van der Waals surface area contributed by atoms with E-state index in [9.17, 15) is 9.59 Å². The Morgan fingerprint density at radius 2 is 1.33 bits per heavy atom. The summed E-state index contributed by atoms with van der Waals surface area (Å²) in [6, 6.07) is 0. The molecule has 21 heavy (non-hydrogen) atoms. The van der Waals surface area contributed by atoms with Crippen molar-refractivity contribution < 1.29 is 14.7 Å². The van der Waals surface area contributed by atoms with Gasteiger partial charge in [-0.2, -0.15) is 0 Å². The van der Waals surface area contributed by atoms with E-state index in [1.807, 2.05) is 0 Å². The number of unbranched alkanes of at least 4 members (excludes halogenated alkanes) is 8. The first kappa shape index (κ1) is 23.2. The van der Waals surface area contributed by atoms with Crippen LogP contribution < -0.4 is 5.32 Å². The summed E-state index contributed by atoms with van der Waals surface area (Å²) in [6.07, 6.45) is 11.3. The van der Waals surface area contributed by atoms with Gasteiger partial charge in [0.05, 0.1) is 0 Å². The van der Waals surface area contributed by atoms with E-state index in [1.165, 1.54) is 58.8 Å². The summed E-state index contributed by atoms with van der Waals surface area (Å²) < 4.78 is 0. The molecule has 0 saturated heterocycles. The second kappa shape index (κ2) is 13.6. The van der Waals surface area contributed by atoms with Crippen molar-refractivity contribution in [1.29, 1.82) is 0 Å². The fourth-order valence-corrected chi connectivity index (χ4v) is 2.06. The van der Waals surface area contributed by atoms with E-state index in [1.54, 1.807) is 0 Å². The Morgan fingerprint density at radius 3 is 1.76 bits per heavy atom. The minimum atomic E-state index is -1.17. The molecule has 5 heteroatoms. The molecule has 0 saturated carbocycles. The van der Waals surface area contributed by atoms with Gasteiger partial charge in [-0.25, -0.2) is 4.79 Å². The van der Waals surface area contributed by atoms with Crippen LogP contribution >= 0.6 is 0 Å².